The number of aromatic nitrogens is 1. The second-order valence-electron chi connectivity index (χ2n) is 6.14. The van der Waals surface area contributed by atoms with Crippen LogP contribution >= 0.6 is 0 Å². The fourth-order valence-electron chi connectivity index (χ4n) is 3.28. The van der Waals surface area contributed by atoms with E-state index in [9.17, 15) is 0 Å². The van der Waals surface area contributed by atoms with Crippen LogP contribution in [-0.4, -0.2) is 4.98 Å². The third-order valence-corrected chi connectivity index (χ3v) is 4.78. The van der Waals surface area contributed by atoms with E-state index in [1.54, 1.807) is 0 Å². The monoisotopic (exact) mass is 316 g/mol. The number of hydrogen-bond acceptors (Lipinski definition) is 2. The van der Waals surface area contributed by atoms with Crippen LogP contribution in [0.15, 0.2) is 54.6 Å². The standard InChI is InChI=1S/C22H24N2/c1-4-20-15(2)16(3)22(24-21(20)14-23)19-12-10-18(11-13-19)17-8-6-5-7-9-17/h5-13H,4,14,23H2,1-3H3. The van der Waals surface area contributed by atoms with E-state index in [4.69, 9.17) is 10.7 Å². The maximum Gasteiger partial charge on any atom is 0.0737 e. The first-order valence-electron chi connectivity index (χ1n) is 8.50. The van der Waals surface area contributed by atoms with Crippen molar-refractivity contribution >= 4 is 0 Å². The molecule has 0 fully saturated rings. The van der Waals surface area contributed by atoms with Crippen molar-refractivity contribution in [2.45, 2.75) is 33.7 Å². The lowest BCUT2D eigenvalue weighted by atomic mass is 9.94. The molecule has 0 amide bonds. The zero-order valence-corrected chi connectivity index (χ0v) is 14.6. The van der Waals surface area contributed by atoms with Crippen LogP contribution in [0.3, 0.4) is 0 Å². The summed E-state index contributed by atoms with van der Waals surface area (Å²) in [7, 11) is 0. The van der Waals surface area contributed by atoms with Crippen LogP contribution in [0, 0.1) is 13.8 Å². The predicted octanol–water partition coefficient (Wildman–Crippen LogP) is 5.05. The van der Waals surface area contributed by atoms with Crippen molar-refractivity contribution in [1.82, 2.24) is 4.98 Å². The van der Waals surface area contributed by atoms with Crippen molar-refractivity contribution in [1.29, 1.82) is 0 Å². The molecule has 2 nitrogen and oxygen atoms in total. The number of pyridine rings is 1. The summed E-state index contributed by atoms with van der Waals surface area (Å²) in [6.45, 7) is 6.98. The summed E-state index contributed by atoms with van der Waals surface area (Å²) >= 11 is 0. The van der Waals surface area contributed by atoms with Gasteiger partial charge in [0.15, 0.2) is 0 Å². The minimum atomic E-state index is 0.486. The van der Waals surface area contributed by atoms with Gasteiger partial charge in [-0.2, -0.15) is 0 Å². The molecular weight excluding hydrogens is 292 g/mol. The Kier molecular flexibility index (Phi) is 4.77. The molecule has 0 aliphatic carbocycles. The lowest BCUT2D eigenvalue weighted by Gasteiger charge is -2.16. The average Bonchev–Trinajstić information content (AvgIpc) is 2.64. The molecule has 0 saturated carbocycles. The first-order valence-corrected chi connectivity index (χ1v) is 8.50. The third kappa shape index (κ3) is 2.98. The fraction of sp³-hybridized carbons (Fsp3) is 0.227. The summed E-state index contributed by atoms with van der Waals surface area (Å²) in [5.41, 5.74) is 15.4. The van der Waals surface area contributed by atoms with Crippen LogP contribution in [0.25, 0.3) is 22.4 Å². The maximum absolute atomic E-state index is 5.93. The zero-order chi connectivity index (χ0) is 17.1. The molecule has 0 saturated heterocycles. The maximum atomic E-state index is 5.93. The number of nitrogens with zero attached hydrogens (tertiary/aromatic N) is 1. The van der Waals surface area contributed by atoms with Crippen molar-refractivity contribution < 1.29 is 0 Å². The highest BCUT2D eigenvalue weighted by atomic mass is 14.8. The van der Waals surface area contributed by atoms with Crippen LogP contribution < -0.4 is 5.73 Å². The molecule has 0 radical (unpaired) electrons. The van der Waals surface area contributed by atoms with Crippen LogP contribution in [-0.2, 0) is 13.0 Å². The molecule has 1 aromatic heterocycles. The van der Waals surface area contributed by atoms with Crippen molar-refractivity contribution in [2.75, 3.05) is 0 Å². The highest BCUT2D eigenvalue weighted by Crippen LogP contribution is 2.29. The van der Waals surface area contributed by atoms with E-state index < -0.39 is 0 Å². The Morgan fingerprint density at radius 3 is 1.96 bits per heavy atom. The topological polar surface area (TPSA) is 38.9 Å². The Morgan fingerprint density at radius 2 is 1.38 bits per heavy atom. The predicted molar refractivity (Wildman–Crippen MR) is 102 cm³/mol. The molecular formula is C22H24N2. The minimum absolute atomic E-state index is 0.486. The third-order valence-electron chi connectivity index (χ3n) is 4.78. The SMILES string of the molecule is CCc1c(CN)nc(-c2ccc(-c3ccccc3)cc2)c(C)c1C. The first-order chi connectivity index (χ1) is 11.7. The normalized spacial score (nSPS) is 10.8. The van der Waals surface area contributed by atoms with Crippen LogP contribution in [0.1, 0.15) is 29.3 Å². The Balaban J connectivity index is 2.05. The molecule has 2 N–H and O–H groups in total. The second-order valence-corrected chi connectivity index (χ2v) is 6.14. The van der Waals surface area contributed by atoms with Gasteiger partial charge in [0.05, 0.1) is 11.4 Å². The fourth-order valence-corrected chi connectivity index (χ4v) is 3.28. The Labute approximate surface area is 144 Å². The largest absolute Gasteiger partial charge is 0.325 e. The summed E-state index contributed by atoms with van der Waals surface area (Å²) in [6.07, 6.45) is 0.972. The summed E-state index contributed by atoms with van der Waals surface area (Å²) in [4.78, 5) is 4.87. The van der Waals surface area contributed by atoms with E-state index in [1.165, 1.54) is 27.8 Å². The number of nitrogens with two attached hydrogens (primary N) is 1. The summed E-state index contributed by atoms with van der Waals surface area (Å²) < 4.78 is 0. The Bertz CT molecular complexity index is 834. The smallest absolute Gasteiger partial charge is 0.0737 e. The molecule has 0 bridgehead atoms. The van der Waals surface area contributed by atoms with Gasteiger partial charge in [-0.1, -0.05) is 61.5 Å². The number of benzene rings is 2. The summed E-state index contributed by atoms with van der Waals surface area (Å²) in [5, 5.41) is 0. The Morgan fingerprint density at radius 1 is 0.792 bits per heavy atom. The molecule has 122 valence electrons. The van der Waals surface area contributed by atoms with Gasteiger partial charge in [0.1, 0.15) is 0 Å². The van der Waals surface area contributed by atoms with Gasteiger partial charge in [-0.3, -0.25) is 4.98 Å². The molecule has 24 heavy (non-hydrogen) atoms. The van der Waals surface area contributed by atoms with E-state index >= 15 is 0 Å². The molecule has 0 spiro atoms. The molecule has 1 heterocycles. The van der Waals surface area contributed by atoms with E-state index in [1.807, 2.05) is 6.07 Å². The first kappa shape index (κ1) is 16.4. The molecule has 2 aromatic carbocycles. The van der Waals surface area contributed by atoms with Gasteiger partial charge in [0.2, 0.25) is 0 Å². The van der Waals surface area contributed by atoms with Gasteiger partial charge in [0.25, 0.3) is 0 Å². The summed E-state index contributed by atoms with van der Waals surface area (Å²) in [5.74, 6) is 0. The van der Waals surface area contributed by atoms with Crippen LogP contribution in [0.4, 0.5) is 0 Å². The lowest BCUT2D eigenvalue weighted by molar-refractivity contribution is 0.919. The van der Waals surface area contributed by atoms with Gasteiger partial charge >= 0.3 is 0 Å². The zero-order valence-electron chi connectivity index (χ0n) is 14.6. The van der Waals surface area contributed by atoms with Crippen molar-refractivity contribution in [3.63, 3.8) is 0 Å². The molecule has 2 heteroatoms. The number of rotatable bonds is 4. The van der Waals surface area contributed by atoms with Gasteiger partial charge in [-0.05, 0) is 48.1 Å². The van der Waals surface area contributed by atoms with Crippen molar-refractivity contribution in [2.24, 2.45) is 5.73 Å². The van der Waals surface area contributed by atoms with Gasteiger partial charge in [0, 0.05) is 12.1 Å². The number of hydrogen-bond donors (Lipinski definition) is 1. The van der Waals surface area contributed by atoms with E-state index in [-0.39, 0.29) is 0 Å². The Hall–Kier alpha value is -2.45. The lowest BCUT2D eigenvalue weighted by Crippen LogP contribution is -2.09. The van der Waals surface area contributed by atoms with Gasteiger partial charge < -0.3 is 5.73 Å². The van der Waals surface area contributed by atoms with Crippen LogP contribution in [0.2, 0.25) is 0 Å². The summed E-state index contributed by atoms with van der Waals surface area (Å²) in [6, 6.07) is 19.1. The average molecular weight is 316 g/mol. The molecule has 0 aliphatic rings. The molecule has 3 aromatic rings. The molecule has 3 rings (SSSR count). The van der Waals surface area contributed by atoms with Gasteiger partial charge in [-0.15, -0.1) is 0 Å². The minimum Gasteiger partial charge on any atom is -0.325 e. The van der Waals surface area contributed by atoms with E-state index in [2.05, 4.69) is 69.3 Å². The van der Waals surface area contributed by atoms with Crippen LogP contribution in [0.5, 0.6) is 0 Å². The molecule has 0 aliphatic heterocycles. The highest BCUT2D eigenvalue weighted by molar-refractivity contribution is 5.71. The molecule has 0 unspecified atom stereocenters. The quantitative estimate of drug-likeness (QED) is 0.731. The van der Waals surface area contributed by atoms with E-state index in [0.717, 1.165) is 23.4 Å². The van der Waals surface area contributed by atoms with Crippen molar-refractivity contribution in [3.8, 4) is 22.4 Å². The molecule has 0 atom stereocenters. The highest BCUT2D eigenvalue weighted by Gasteiger charge is 2.13. The van der Waals surface area contributed by atoms with E-state index in [0.29, 0.717) is 6.54 Å². The second kappa shape index (κ2) is 6.98. The van der Waals surface area contributed by atoms with Gasteiger partial charge in [-0.25, -0.2) is 0 Å². The van der Waals surface area contributed by atoms with Crippen molar-refractivity contribution in [3.05, 3.63) is 77.0 Å².